The fourth-order valence-corrected chi connectivity index (χ4v) is 3.10. The number of nitrogens with zero attached hydrogens (tertiary/aromatic N) is 3. The van der Waals surface area contributed by atoms with Gasteiger partial charge >= 0.3 is 0 Å². The first-order chi connectivity index (χ1) is 10.2. The number of anilines is 1. The Labute approximate surface area is 127 Å². The van der Waals surface area contributed by atoms with Crippen LogP contribution in [0.15, 0.2) is 0 Å². The van der Waals surface area contributed by atoms with E-state index >= 15 is 0 Å². The van der Waals surface area contributed by atoms with Crippen LogP contribution >= 0.6 is 0 Å². The van der Waals surface area contributed by atoms with Gasteiger partial charge in [0, 0.05) is 12.6 Å². The topological polar surface area (TPSA) is 50.2 Å². The van der Waals surface area contributed by atoms with Gasteiger partial charge in [-0.3, -0.25) is 14.4 Å². The smallest absolute Gasteiger partial charge is 0.239 e. The molecule has 1 saturated heterocycles. The van der Waals surface area contributed by atoms with Crippen LogP contribution < -0.4 is 5.32 Å². The van der Waals surface area contributed by atoms with Crippen LogP contribution in [0.2, 0.25) is 0 Å². The molecule has 118 valence electrons. The van der Waals surface area contributed by atoms with Gasteiger partial charge in [0.25, 0.3) is 0 Å². The first-order valence-electron chi connectivity index (χ1n) is 8.22. The molecule has 0 radical (unpaired) electrons. The molecule has 0 aromatic carbocycles. The van der Waals surface area contributed by atoms with Gasteiger partial charge in [-0.25, -0.2) is 0 Å². The highest BCUT2D eigenvalue weighted by Gasteiger charge is 2.18. The van der Waals surface area contributed by atoms with Crippen molar-refractivity contribution < 1.29 is 4.79 Å². The third-order valence-corrected chi connectivity index (χ3v) is 4.24. The molecule has 0 bridgehead atoms. The molecule has 0 saturated carbocycles. The van der Waals surface area contributed by atoms with Crippen LogP contribution in [-0.2, 0) is 24.7 Å². The number of aryl methyl sites for hydroxylation is 2. The second kappa shape index (κ2) is 7.59. The molecule has 1 N–H and O–H groups in total. The normalized spacial score (nSPS) is 16.7. The van der Waals surface area contributed by atoms with E-state index in [9.17, 15) is 4.79 Å². The summed E-state index contributed by atoms with van der Waals surface area (Å²) in [5.41, 5.74) is 2.26. The second-order valence-corrected chi connectivity index (χ2v) is 5.84. The average molecular weight is 292 g/mol. The first kappa shape index (κ1) is 16.0. The van der Waals surface area contributed by atoms with Crippen molar-refractivity contribution in [1.29, 1.82) is 0 Å². The number of hydrogen-bond acceptors (Lipinski definition) is 3. The van der Waals surface area contributed by atoms with Crippen molar-refractivity contribution in [3.05, 3.63) is 11.3 Å². The Bertz CT molecular complexity index is 473. The maximum Gasteiger partial charge on any atom is 0.239 e. The highest BCUT2D eigenvalue weighted by molar-refractivity contribution is 5.92. The molecule has 0 aliphatic carbocycles. The lowest BCUT2D eigenvalue weighted by Gasteiger charge is -2.19. The van der Waals surface area contributed by atoms with Gasteiger partial charge < -0.3 is 5.32 Å². The van der Waals surface area contributed by atoms with Crippen molar-refractivity contribution in [2.75, 3.05) is 25.0 Å². The van der Waals surface area contributed by atoms with Gasteiger partial charge in [0.05, 0.1) is 12.2 Å². The van der Waals surface area contributed by atoms with E-state index in [1.165, 1.54) is 31.2 Å². The zero-order valence-corrected chi connectivity index (χ0v) is 13.6. The van der Waals surface area contributed by atoms with E-state index < -0.39 is 0 Å². The number of carbonyl (C=O) groups excluding carboxylic acids is 1. The lowest BCUT2D eigenvalue weighted by atomic mass is 10.1. The van der Waals surface area contributed by atoms with Gasteiger partial charge in [-0.15, -0.1) is 0 Å². The first-order valence-corrected chi connectivity index (χ1v) is 8.22. The molecular formula is C16H28N4O. The number of rotatable bonds is 5. The quantitative estimate of drug-likeness (QED) is 0.906. The van der Waals surface area contributed by atoms with Gasteiger partial charge in [0.1, 0.15) is 5.82 Å². The molecule has 5 nitrogen and oxygen atoms in total. The van der Waals surface area contributed by atoms with Crippen molar-refractivity contribution in [2.45, 2.75) is 52.4 Å². The van der Waals surface area contributed by atoms with E-state index in [-0.39, 0.29) is 5.91 Å². The van der Waals surface area contributed by atoms with Crippen LogP contribution in [0.4, 0.5) is 5.82 Å². The summed E-state index contributed by atoms with van der Waals surface area (Å²) >= 11 is 0. The summed E-state index contributed by atoms with van der Waals surface area (Å²) in [6.45, 7) is 6.79. The standard InChI is InChI=1S/C16H28N4O/c1-4-13-14(5-2)18-19(3)16(13)17-15(21)12-20-10-8-6-7-9-11-20/h4-12H2,1-3H3,(H,17,21). The summed E-state index contributed by atoms with van der Waals surface area (Å²) in [7, 11) is 1.90. The highest BCUT2D eigenvalue weighted by atomic mass is 16.2. The number of amides is 1. The molecule has 2 heterocycles. The second-order valence-electron chi connectivity index (χ2n) is 5.84. The van der Waals surface area contributed by atoms with Gasteiger partial charge in [-0.05, 0) is 38.8 Å². The van der Waals surface area contributed by atoms with Crippen molar-refractivity contribution in [1.82, 2.24) is 14.7 Å². The van der Waals surface area contributed by atoms with Crippen LogP contribution in [0.3, 0.4) is 0 Å². The van der Waals surface area contributed by atoms with Crippen LogP contribution in [0, 0.1) is 0 Å². The fraction of sp³-hybridized carbons (Fsp3) is 0.750. The Balaban J connectivity index is 2.00. The van der Waals surface area contributed by atoms with Crippen LogP contribution in [0.25, 0.3) is 0 Å². The van der Waals surface area contributed by atoms with Crippen LogP contribution in [-0.4, -0.2) is 40.2 Å². The summed E-state index contributed by atoms with van der Waals surface area (Å²) in [5.74, 6) is 0.950. The monoisotopic (exact) mass is 292 g/mol. The third kappa shape index (κ3) is 4.06. The summed E-state index contributed by atoms with van der Waals surface area (Å²) in [5, 5.41) is 7.58. The predicted octanol–water partition coefficient (Wildman–Crippen LogP) is 2.36. The van der Waals surface area contributed by atoms with Gasteiger partial charge in [-0.1, -0.05) is 26.7 Å². The molecule has 1 aromatic rings. The minimum absolute atomic E-state index is 0.0808. The molecule has 1 aliphatic heterocycles. The number of nitrogens with one attached hydrogen (secondary N) is 1. The highest BCUT2D eigenvalue weighted by Crippen LogP contribution is 2.20. The molecule has 0 atom stereocenters. The molecule has 1 fully saturated rings. The minimum Gasteiger partial charge on any atom is -0.310 e. The van der Waals surface area contributed by atoms with Crippen LogP contribution in [0.1, 0.15) is 50.8 Å². The van der Waals surface area contributed by atoms with Crippen molar-refractivity contribution in [3.8, 4) is 0 Å². The molecule has 0 spiro atoms. The molecule has 0 unspecified atom stereocenters. The van der Waals surface area contributed by atoms with Gasteiger partial charge in [0.15, 0.2) is 0 Å². The lowest BCUT2D eigenvalue weighted by molar-refractivity contribution is -0.117. The SMILES string of the molecule is CCc1nn(C)c(NC(=O)CN2CCCCCC2)c1CC. The van der Waals surface area contributed by atoms with E-state index in [0.717, 1.165) is 37.4 Å². The predicted molar refractivity (Wildman–Crippen MR) is 85.5 cm³/mol. The Kier molecular flexibility index (Phi) is 5.79. The van der Waals surface area contributed by atoms with E-state index in [0.29, 0.717) is 6.54 Å². The Morgan fingerprint density at radius 2 is 1.81 bits per heavy atom. The van der Waals surface area contributed by atoms with Crippen molar-refractivity contribution >= 4 is 11.7 Å². The van der Waals surface area contributed by atoms with Crippen molar-refractivity contribution in [3.63, 3.8) is 0 Å². The van der Waals surface area contributed by atoms with Crippen LogP contribution in [0.5, 0.6) is 0 Å². The molecule has 5 heteroatoms. The lowest BCUT2D eigenvalue weighted by Crippen LogP contribution is -2.34. The average Bonchev–Trinajstić information content (AvgIpc) is 2.65. The summed E-state index contributed by atoms with van der Waals surface area (Å²) in [6, 6.07) is 0. The minimum atomic E-state index is 0.0808. The fourth-order valence-electron chi connectivity index (χ4n) is 3.10. The molecule has 1 aliphatic rings. The van der Waals surface area contributed by atoms with Crippen molar-refractivity contribution in [2.24, 2.45) is 7.05 Å². The Hall–Kier alpha value is -1.36. The Morgan fingerprint density at radius 1 is 1.14 bits per heavy atom. The summed E-state index contributed by atoms with van der Waals surface area (Å²) < 4.78 is 1.80. The number of likely N-dealkylation sites (tertiary alicyclic amines) is 1. The molecular weight excluding hydrogens is 264 g/mol. The maximum atomic E-state index is 12.3. The largest absolute Gasteiger partial charge is 0.310 e. The maximum absolute atomic E-state index is 12.3. The molecule has 2 rings (SSSR count). The zero-order valence-electron chi connectivity index (χ0n) is 13.6. The molecule has 21 heavy (non-hydrogen) atoms. The van der Waals surface area contributed by atoms with E-state index in [1.54, 1.807) is 4.68 Å². The molecule has 1 aromatic heterocycles. The summed E-state index contributed by atoms with van der Waals surface area (Å²) in [6.07, 6.45) is 6.80. The van der Waals surface area contributed by atoms with E-state index in [2.05, 4.69) is 29.2 Å². The number of carbonyl (C=O) groups is 1. The zero-order chi connectivity index (χ0) is 15.2. The Morgan fingerprint density at radius 3 is 2.38 bits per heavy atom. The number of aromatic nitrogens is 2. The van der Waals surface area contributed by atoms with E-state index in [4.69, 9.17) is 0 Å². The van der Waals surface area contributed by atoms with Gasteiger partial charge in [-0.2, -0.15) is 5.10 Å². The number of hydrogen-bond donors (Lipinski definition) is 1. The van der Waals surface area contributed by atoms with E-state index in [1.807, 2.05) is 7.05 Å². The van der Waals surface area contributed by atoms with Gasteiger partial charge in [0.2, 0.25) is 5.91 Å². The molecule has 1 amide bonds. The summed E-state index contributed by atoms with van der Waals surface area (Å²) in [4.78, 5) is 14.6. The third-order valence-electron chi connectivity index (χ3n) is 4.24.